The number of carbonyl (C=O) groups excluding carboxylic acids is 3. The molecule has 3 amide bonds. The lowest BCUT2D eigenvalue weighted by Crippen LogP contribution is -2.34. The van der Waals surface area contributed by atoms with Crippen molar-refractivity contribution in [3.05, 3.63) is 29.8 Å². The van der Waals surface area contributed by atoms with E-state index in [9.17, 15) is 14.4 Å². The van der Waals surface area contributed by atoms with Gasteiger partial charge in [-0.25, -0.2) is 5.43 Å². The minimum Gasteiger partial charge on any atom is -0.484 e. The largest absolute Gasteiger partial charge is 0.484 e. The molecule has 0 aromatic heterocycles. The molecule has 9 heteroatoms. The molecule has 0 spiro atoms. The molecule has 0 aliphatic carbocycles. The maximum absolute atomic E-state index is 11.6. The van der Waals surface area contributed by atoms with Crippen LogP contribution in [0.2, 0.25) is 0 Å². The maximum Gasteiger partial charge on any atom is 0.258 e. The molecule has 1 aromatic carbocycles. The van der Waals surface area contributed by atoms with E-state index in [0.717, 1.165) is 5.56 Å². The van der Waals surface area contributed by atoms with Crippen molar-refractivity contribution in [2.45, 2.75) is 26.3 Å². The molecule has 0 saturated heterocycles. The lowest BCUT2D eigenvalue weighted by atomic mass is 10.2. The molecule has 0 heterocycles. The highest BCUT2D eigenvalue weighted by Gasteiger charge is 2.07. The zero-order chi connectivity index (χ0) is 20.1. The Kier molecular flexibility index (Phi) is 10.2. The van der Waals surface area contributed by atoms with Crippen molar-refractivity contribution in [3.8, 4) is 5.75 Å². The molecule has 148 valence electrons. The molecule has 0 unspecified atom stereocenters. The Morgan fingerprint density at radius 1 is 1.11 bits per heavy atom. The monoisotopic (exact) mass is 378 g/mol. The second kappa shape index (κ2) is 12.4. The van der Waals surface area contributed by atoms with E-state index in [1.165, 1.54) is 13.3 Å². The first kappa shape index (κ1) is 22.1. The number of ether oxygens (including phenoxy) is 2. The van der Waals surface area contributed by atoms with Gasteiger partial charge in [-0.15, -0.1) is 0 Å². The molecular weight excluding hydrogens is 352 g/mol. The third-order valence-electron chi connectivity index (χ3n) is 3.05. The van der Waals surface area contributed by atoms with Gasteiger partial charge < -0.3 is 20.1 Å². The molecule has 27 heavy (non-hydrogen) atoms. The van der Waals surface area contributed by atoms with Gasteiger partial charge in [0, 0.05) is 19.7 Å². The number of nitrogens with one attached hydrogen (secondary N) is 3. The number of hydrogen-bond donors (Lipinski definition) is 3. The summed E-state index contributed by atoms with van der Waals surface area (Å²) in [4.78, 5) is 34.5. The fourth-order valence-corrected chi connectivity index (χ4v) is 1.88. The molecule has 1 rings (SSSR count). The summed E-state index contributed by atoms with van der Waals surface area (Å²) in [6.45, 7) is 4.42. The van der Waals surface area contributed by atoms with Crippen LogP contribution in [-0.2, 0) is 19.1 Å². The first-order valence-corrected chi connectivity index (χ1v) is 8.50. The topological polar surface area (TPSA) is 118 Å². The summed E-state index contributed by atoms with van der Waals surface area (Å²) in [5.41, 5.74) is 3.00. The smallest absolute Gasteiger partial charge is 0.258 e. The van der Waals surface area contributed by atoms with Crippen LogP contribution in [0.3, 0.4) is 0 Å². The molecule has 0 atom stereocenters. The number of amides is 3. The molecule has 1 aromatic rings. The number of benzene rings is 1. The lowest BCUT2D eigenvalue weighted by Gasteiger charge is -2.09. The Morgan fingerprint density at radius 2 is 1.81 bits per heavy atom. The van der Waals surface area contributed by atoms with E-state index in [1.807, 2.05) is 13.8 Å². The summed E-state index contributed by atoms with van der Waals surface area (Å²) in [5.74, 6) is -0.563. The normalized spacial score (nSPS) is 10.7. The Balaban J connectivity index is 2.34. The minimum absolute atomic E-state index is 0.0614. The molecule has 0 aliphatic heterocycles. The van der Waals surface area contributed by atoms with Crippen molar-refractivity contribution in [1.29, 1.82) is 0 Å². The summed E-state index contributed by atoms with van der Waals surface area (Å²) >= 11 is 0. The predicted molar refractivity (Wildman–Crippen MR) is 100 cm³/mol. The van der Waals surface area contributed by atoms with Gasteiger partial charge in [0.2, 0.25) is 11.8 Å². The first-order valence-electron chi connectivity index (χ1n) is 8.50. The average Bonchev–Trinajstić information content (AvgIpc) is 2.60. The summed E-state index contributed by atoms with van der Waals surface area (Å²) < 4.78 is 10.2. The zero-order valence-electron chi connectivity index (χ0n) is 15.8. The molecule has 0 radical (unpaired) electrons. The zero-order valence-corrected chi connectivity index (χ0v) is 15.8. The van der Waals surface area contributed by atoms with Crippen LogP contribution in [0, 0.1) is 0 Å². The second-order valence-corrected chi connectivity index (χ2v) is 5.89. The van der Waals surface area contributed by atoms with E-state index in [0.29, 0.717) is 18.9 Å². The number of rotatable bonds is 11. The first-order chi connectivity index (χ1) is 12.9. The van der Waals surface area contributed by atoms with E-state index in [4.69, 9.17) is 9.47 Å². The van der Waals surface area contributed by atoms with Crippen LogP contribution in [0.25, 0.3) is 0 Å². The second-order valence-electron chi connectivity index (χ2n) is 5.89. The summed E-state index contributed by atoms with van der Waals surface area (Å²) in [7, 11) is 1.52. The van der Waals surface area contributed by atoms with Crippen LogP contribution in [0.5, 0.6) is 5.75 Å². The molecule has 0 aliphatic rings. The van der Waals surface area contributed by atoms with Crippen LogP contribution in [0.4, 0.5) is 0 Å². The van der Waals surface area contributed by atoms with Crippen molar-refractivity contribution in [2.24, 2.45) is 5.10 Å². The van der Waals surface area contributed by atoms with Gasteiger partial charge in [-0.2, -0.15) is 5.10 Å². The number of hydrazone groups is 1. The third kappa shape index (κ3) is 10.6. The molecule has 3 N–H and O–H groups in total. The van der Waals surface area contributed by atoms with Crippen molar-refractivity contribution < 1.29 is 23.9 Å². The van der Waals surface area contributed by atoms with Crippen molar-refractivity contribution in [1.82, 2.24) is 16.1 Å². The van der Waals surface area contributed by atoms with E-state index >= 15 is 0 Å². The highest BCUT2D eigenvalue weighted by Crippen LogP contribution is 2.10. The van der Waals surface area contributed by atoms with Crippen molar-refractivity contribution in [3.63, 3.8) is 0 Å². The number of nitrogens with zero attached hydrogens (tertiary/aromatic N) is 1. The summed E-state index contributed by atoms with van der Waals surface area (Å²) in [6.07, 6.45) is 1.13. The quantitative estimate of drug-likeness (QED) is 0.220. The van der Waals surface area contributed by atoms with Gasteiger partial charge in [0.15, 0.2) is 6.61 Å². The van der Waals surface area contributed by atoms with Crippen LogP contribution in [-0.4, -0.2) is 56.8 Å². The van der Waals surface area contributed by atoms with Crippen LogP contribution < -0.4 is 20.8 Å². The molecular formula is C18H26N4O5. The number of methoxy groups -OCH3 is 1. The van der Waals surface area contributed by atoms with E-state index in [2.05, 4.69) is 21.2 Å². The van der Waals surface area contributed by atoms with Crippen LogP contribution >= 0.6 is 0 Å². The van der Waals surface area contributed by atoms with Crippen LogP contribution in [0.1, 0.15) is 25.8 Å². The van der Waals surface area contributed by atoms with Gasteiger partial charge in [0.25, 0.3) is 5.91 Å². The van der Waals surface area contributed by atoms with Gasteiger partial charge in [-0.05, 0) is 43.7 Å². The average molecular weight is 378 g/mol. The standard InChI is InChI=1S/C18H26N4O5/c1-13(2)21-18(25)12-27-15-6-4-14(5-7-15)11-20-22-17(24)10-16(23)19-8-9-26-3/h4-7,11,13H,8-10,12H2,1-3H3,(H,19,23)(H,21,25)(H,22,24)/b20-11+. The summed E-state index contributed by atoms with van der Waals surface area (Å²) in [6, 6.07) is 6.89. The van der Waals surface area contributed by atoms with Gasteiger partial charge in [0.1, 0.15) is 12.2 Å². The van der Waals surface area contributed by atoms with Crippen molar-refractivity contribution in [2.75, 3.05) is 26.9 Å². The third-order valence-corrected chi connectivity index (χ3v) is 3.05. The Morgan fingerprint density at radius 3 is 2.44 bits per heavy atom. The van der Waals surface area contributed by atoms with Gasteiger partial charge in [-0.3, -0.25) is 14.4 Å². The fourth-order valence-electron chi connectivity index (χ4n) is 1.88. The number of carbonyl (C=O) groups is 3. The number of hydrogen-bond acceptors (Lipinski definition) is 6. The maximum atomic E-state index is 11.6. The minimum atomic E-state index is -0.516. The molecule has 0 saturated carbocycles. The summed E-state index contributed by atoms with van der Waals surface area (Å²) in [5, 5.41) is 9.06. The lowest BCUT2D eigenvalue weighted by molar-refractivity contribution is -0.129. The van der Waals surface area contributed by atoms with Crippen molar-refractivity contribution >= 4 is 23.9 Å². The van der Waals surface area contributed by atoms with Gasteiger partial charge in [-0.1, -0.05) is 0 Å². The molecule has 0 fully saturated rings. The van der Waals surface area contributed by atoms with Gasteiger partial charge >= 0.3 is 0 Å². The highest BCUT2D eigenvalue weighted by atomic mass is 16.5. The Bertz CT molecular complexity index is 644. The highest BCUT2D eigenvalue weighted by molar-refractivity contribution is 5.97. The molecule has 0 bridgehead atoms. The predicted octanol–water partition coefficient (Wildman–Crippen LogP) is 0.193. The van der Waals surface area contributed by atoms with E-state index in [1.54, 1.807) is 24.3 Å². The fraction of sp³-hybridized carbons (Fsp3) is 0.444. The van der Waals surface area contributed by atoms with Gasteiger partial charge in [0.05, 0.1) is 12.8 Å². The molecule has 9 nitrogen and oxygen atoms in total. The Hall–Kier alpha value is -2.94. The SMILES string of the molecule is COCCNC(=O)CC(=O)N/N=C/c1ccc(OCC(=O)NC(C)C)cc1. The van der Waals surface area contributed by atoms with E-state index < -0.39 is 11.8 Å². The van der Waals surface area contributed by atoms with Crippen LogP contribution in [0.15, 0.2) is 29.4 Å². The Labute approximate surface area is 158 Å². The van der Waals surface area contributed by atoms with E-state index in [-0.39, 0.29) is 25.0 Å².